The van der Waals surface area contributed by atoms with E-state index in [-0.39, 0.29) is 17.3 Å². The molecular weight excluding hydrogens is 445 g/mol. The third-order valence-corrected chi connectivity index (χ3v) is 7.13. The number of pyridine rings is 1. The third-order valence-electron chi connectivity index (χ3n) is 6.05. The van der Waals surface area contributed by atoms with Gasteiger partial charge in [-0.3, -0.25) is 14.1 Å². The normalized spacial score (nSPS) is 15.1. The van der Waals surface area contributed by atoms with Crippen molar-refractivity contribution in [1.82, 2.24) is 9.72 Å². The number of ether oxygens (including phenoxy) is 1. The van der Waals surface area contributed by atoms with Crippen molar-refractivity contribution >= 4 is 27.7 Å². The Kier molecular flexibility index (Phi) is 5.72. The lowest BCUT2D eigenvalue weighted by atomic mass is 9.96. The second kappa shape index (κ2) is 8.82. The van der Waals surface area contributed by atoms with Gasteiger partial charge >= 0.3 is 0 Å². The lowest BCUT2D eigenvalue weighted by Gasteiger charge is -2.18. The van der Waals surface area contributed by atoms with Gasteiger partial charge < -0.3 is 9.26 Å². The number of aromatic nitrogens is 2. The molecule has 7 nitrogen and oxygen atoms in total. The highest BCUT2D eigenvalue weighted by Gasteiger charge is 2.23. The molecule has 4 aromatic rings. The van der Waals surface area contributed by atoms with Gasteiger partial charge in [-0.1, -0.05) is 18.0 Å². The Bertz CT molecular complexity index is 1400. The Morgan fingerprint density at radius 3 is 2.70 bits per heavy atom. The second-order valence-corrected chi connectivity index (χ2v) is 9.22. The number of methoxy groups -OCH3 is 1. The molecule has 0 bridgehead atoms. The van der Waals surface area contributed by atoms with Gasteiger partial charge in [-0.05, 0) is 54.7 Å². The maximum absolute atomic E-state index is 15.2. The first-order valence-electron chi connectivity index (χ1n) is 10.7. The first kappa shape index (κ1) is 21.4. The molecule has 1 saturated carbocycles. The van der Waals surface area contributed by atoms with E-state index >= 15 is 4.39 Å². The van der Waals surface area contributed by atoms with Crippen molar-refractivity contribution in [2.75, 3.05) is 11.8 Å². The van der Waals surface area contributed by atoms with Crippen molar-refractivity contribution in [2.45, 2.75) is 36.5 Å². The Morgan fingerprint density at radius 2 is 1.97 bits per heavy atom. The van der Waals surface area contributed by atoms with Crippen molar-refractivity contribution in [3.63, 3.8) is 0 Å². The summed E-state index contributed by atoms with van der Waals surface area (Å²) in [7, 11) is -0.0682. The monoisotopic (exact) mass is 467 g/mol. The molecule has 2 aromatic carbocycles. The summed E-state index contributed by atoms with van der Waals surface area (Å²) in [5, 5.41) is 4.37. The van der Waals surface area contributed by atoms with Gasteiger partial charge in [-0.2, -0.15) is 0 Å². The van der Waals surface area contributed by atoms with Crippen LogP contribution < -0.4 is 15.0 Å². The Hall–Kier alpha value is -3.46. The van der Waals surface area contributed by atoms with E-state index < -0.39 is 11.0 Å². The van der Waals surface area contributed by atoms with Crippen LogP contribution in [0.15, 0.2) is 69.0 Å². The first-order chi connectivity index (χ1) is 16.0. The number of halogens is 1. The maximum atomic E-state index is 15.2. The smallest absolute Gasteiger partial charge is 0.255 e. The second-order valence-electron chi connectivity index (χ2n) is 8.01. The Balaban J connectivity index is 1.59. The van der Waals surface area contributed by atoms with Crippen LogP contribution in [0.1, 0.15) is 37.2 Å². The van der Waals surface area contributed by atoms with Crippen LogP contribution in [-0.2, 0) is 11.0 Å². The molecule has 2 heterocycles. The molecule has 170 valence electrons. The average molecular weight is 468 g/mol. The van der Waals surface area contributed by atoms with Crippen LogP contribution in [-0.4, -0.2) is 21.0 Å². The van der Waals surface area contributed by atoms with E-state index in [9.17, 15) is 9.00 Å². The number of nitrogens with one attached hydrogen (secondary N) is 1. The molecule has 0 saturated heterocycles. The Labute approximate surface area is 191 Å². The molecule has 1 fully saturated rings. The zero-order chi connectivity index (χ0) is 22.9. The molecule has 9 heteroatoms. The molecule has 33 heavy (non-hydrogen) atoms. The van der Waals surface area contributed by atoms with Crippen LogP contribution in [0.4, 0.5) is 10.2 Å². The molecule has 1 atom stereocenters. The number of hydrogen-bond donors (Lipinski definition) is 1. The van der Waals surface area contributed by atoms with E-state index in [1.165, 1.54) is 30.1 Å². The molecule has 1 unspecified atom stereocenters. The fourth-order valence-corrected chi connectivity index (χ4v) is 5.29. The summed E-state index contributed by atoms with van der Waals surface area (Å²) in [6.45, 7) is 0. The summed E-state index contributed by atoms with van der Waals surface area (Å²) in [5.41, 5.74) is 1.21. The van der Waals surface area contributed by atoms with Crippen molar-refractivity contribution in [3.8, 4) is 11.4 Å². The largest absolute Gasteiger partial charge is 0.495 e. The molecule has 1 N–H and O–H groups in total. The van der Waals surface area contributed by atoms with Gasteiger partial charge in [-0.25, -0.2) is 8.60 Å². The molecule has 5 rings (SSSR count). The van der Waals surface area contributed by atoms with Gasteiger partial charge in [0, 0.05) is 23.6 Å². The van der Waals surface area contributed by atoms with Gasteiger partial charge in [0.1, 0.15) is 17.8 Å². The minimum absolute atomic E-state index is 0.173. The van der Waals surface area contributed by atoms with Gasteiger partial charge in [-0.15, -0.1) is 0 Å². The van der Waals surface area contributed by atoms with Crippen LogP contribution in [0.5, 0.6) is 5.75 Å². The fourth-order valence-electron chi connectivity index (χ4n) is 4.45. The van der Waals surface area contributed by atoms with E-state index in [4.69, 9.17) is 9.26 Å². The summed E-state index contributed by atoms with van der Waals surface area (Å²) < 4.78 is 42.3. The highest BCUT2D eigenvalue weighted by molar-refractivity contribution is 7.86. The summed E-state index contributed by atoms with van der Waals surface area (Å²) in [6.07, 6.45) is 5.47. The zero-order valence-corrected chi connectivity index (χ0v) is 18.7. The van der Waals surface area contributed by atoms with Gasteiger partial charge in [0.05, 0.1) is 23.2 Å². The van der Waals surface area contributed by atoms with Crippen molar-refractivity contribution in [2.24, 2.45) is 0 Å². The summed E-state index contributed by atoms with van der Waals surface area (Å²) in [5.74, 6) is 0.622. The standard InChI is InChI=1S/C24H22FN3O4S/c1-31-22-13-18(15-4-2-3-5-15)19(25)14-21(22)28-20-8-7-17(12-16(20)6-9-24(28)29)33(30)27-23-10-11-32-26-23/h6-15H,2-5H2,1H3,(H,26,27). The number of rotatable bonds is 6. The number of hydrogen-bond acceptors (Lipinski definition) is 5. The fraction of sp³-hybridized carbons (Fsp3) is 0.250. The van der Waals surface area contributed by atoms with Crippen LogP contribution in [0.25, 0.3) is 16.6 Å². The predicted molar refractivity (Wildman–Crippen MR) is 124 cm³/mol. The number of benzene rings is 2. The SMILES string of the molecule is COc1cc(C2CCCC2)c(F)cc1-n1c(=O)ccc2cc(S(=O)Nc3ccon3)ccc21. The summed E-state index contributed by atoms with van der Waals surface area (Å²) in [6, 6.07) is 12.8. The maximum Gasteiger partial charge on any atom is 0.255 e. The molecule has 0 radical (unpaired) electrons. The van der Waals surface area contributed by atoms with E-state index in [2.05, 4.69) is 9.88 Å². The summed E-state index contributed by atoms with van der Waals surface area (Å²) >= 11 is 0. The van der Waals surface area contributed by atoms with Gasteiger partial charge in [0.15, 0.2) is 16.8 Å². The topological polar surface area (TPSA) is 86.4 Å². The van der Waals surface area contributed by atoms with Crippen LogP contribution >= 0.6 is 0 Å². The quantitative estimate of drug-likeness (QED) is 0.435. The molecule has 1 aliphatic carbocycles. The van der Waals surface area contributed by atoms with Crippen LogP contribution in [0, 0.1) is 5.82 Å². The van der Waals surface area contributed by atoms with Crippen molar-refractivity contribution in [3.05, 3.63) is 76.5 Å². The molecule has 2 aromatic heterocycles. The number of anilines is 1. The van der Waals surface area contributed by atoms with Crippen molar-refractivity contribution < 1.29 is 17.9 Å². The van der Waals surface area contributed by atoms with E-state index in [0.717, 1.165) is 25.7 Å². The lowest BCUT2D eigenvalue weighted by molar-refractivity contribution is 0.410. The summed E-state index contributed by atoms with van der Waals surface area (Å²) in [4.78, 5) is 13.4. The average Bonchev–Trinajstić information content (AvgIpc) is 3.53. The highest BCUT2D eigenvalue weighted by atomic mass is 32.2. The molecule has 0 amide bonds. The number of nitrogens with zero attached hydrogens (tertiary/aromatic N) is 2. The van der Waals surface area contributed by atoms with E-state index in [0.29, 0.717) is 38.6 Å². The minimum Gasteiger partial charge on any atom is -0.495 e. The number of fused-ring (bicyclic) bond motifs is 1. The van der Waals surface area contributed by atoms with Crippen molar-refractivity contribution in [1.29, 1.82) is 0 Å². The van der Waals surface area contributed by atoms with E-state index in [1.807, 2.05) is 0 Å². The van der Waals surface area contributed by atoms with Crippen LogP contribution in [0.3, 0.4) is 0 Å². The third kappa shape index (κ3) is 4.04. The zero-order valence-electron chi connectivity index (χ0n) is 17.9. The molecular formula is C24H22FN3O4S. The predicted octanol–water partition coefficient (Wildman–Crippen LogP) is 4.92. The molecule has 1 aliphatic rings. The van der Waals surface area contributed by atoms with Gasteiger partial charge in [0.25, 0.3) is 5.56 Å². The molecule has 0 spiro atoms. The molecule has 0 aliphatic heterocycles. The van der Waals surface area contributed by atoms with Gasteiger partial charge in [0.2, 0.25) is 0 Å². The van der Waals surface area contributed by atoms with E-state index in [1.54, 1.807) is 36.4 Å². The first-order valence-corrected chi connectivity index (χ1v) is 11.8. The lowest BCUT2D eigenvalue weighted by Crippen LogP contribution is -2.19. The highest BCUT2D eigenvalue weighted by Crippen LogP contribution is 2.39. The Morgan fingerprint density at radius 1 is 1.15 bits per heavy atom. The van der Waals surface area contributed by atoms with Crippen LogP contribution in [0.2, 0.25) is 0 Å². The minimum atomic E-state index is -1.58.